The Kier molecular flexibility index (Phi) is 4.27. The Hall–Kier alpha value is -0.560. The molecule has 0 rings (SSSR count). The quantitative estimate of drug-likeness (QED) is 0.548. The van der Waals surface area contributed by atoms with Crippen molar-refractivity contribution in [3.63, 3.8) is 0 Å². The van der Waals surface area contributed by atoms with Crippen LogP contribution in [0.1, 0.15) is 13.3 Å². The van der Waals surface area contributed by atoms with Crippen molar-refractivity contribution in [2.45, 2.75) is 13.3 Å². The van der Waals surface area contributed by atoms with E-state index in [-0.39, 0.29) is 0 Å². The van der Waals surface area contributed by atoms with Gasteiger partial charge in [0.2, 0.25) is 0 Å². The lowest BCUT2D eigenvalue weighted by molar-refractivity contribution is 0.951. The summed E-state index contributed by atoms with van der Waals surface area (Å²) >= 11 is 0. The van der Waals surface area contributed by atoms with E-state index in [0.717, 1.165) is 13.0 Å². The number of hydrogen-bond donors (Lipinski definition) is 1. The predicted molar refractivity (Wildman–Crippen MR) is 37.6 cm³/mol. The van der Waals surface area contributed by atoms with Crippen LogP contribution >= 0.6 is 0 Å². The molecule has 0 aromatic carbocycles. The average molecular weight is 111 g/mol. The maximum atomic E-state index is 5.28. The molecule has 0 unspecified atom stereocenters. The third-order valence-corrected chi connectivity index (χ3v) is 0.941. The fourth-order valence-corrected chi connectivity index (χ4v) is 0.512. The molecule has 0 radical (unpaired) electrons. The molecule has 2 N–H and O–H groups in total. The van der Waals surface area contributed by atoms with E-state index >= 15 is 0 Å². The molecule has 0 amide bonds. The molecule has 0 fully saturated rings. The van der Waals surface area contributed by atoms with Crippen molar-refractivity contribution in [2.24, 2.45) is 5.73 Å². The molecule has 0 spiro atoms. The molecule has 0 aromatic rings. The Bertz CT molecular complexity index is 92.6. The van der Waals surface area contributed by atoms with Gasteiger partial charge in [0.05, 0.1) is 0 Å². The summed E-state index contributed by atoms with van der Waals surface area (Å²) in [5.41, 5.74) is 6.58. The van der Waals surface area contributed by atoms with Crippen molar-refractivity contribution < 1.29 is 0 Å². The van der Waals surface area contributed by atoms with Crippen molar-refractivity contribution in [3.05, 3.63) is 24.3 Å². The summed E-state index contributed by atoms with van der Waals surface area (Å²) in [5.74, 6) is 0. The Balaban J connectivity index is 3.44. The molecular formula is C7H13N. The minimum Gasteiger partial charge on any atom is -0.330 e. The van der Waals surface area contributed by atoms with E-state index in [0.29, 0.717) is 0 Å². The fourth-order valence-electron chi connectivity index (χ4n) is 0.512. The first-order valence-corrected chi connectivity index (χ1v) is 2.79. The van der Waals surface area contributed by atoms with Crippen LogP contribution in [-0.2, 0) is 0 Å². The minimum atomic E-state index is 0.732. The van der Waals surface area contributed by atoms with Crippen LogP contribution in [0.15, 0.2) is 24.3 Å². The van der Waals surface area contributed by atoms with E-state index in [9.17, 15) is 0 Å². The van der Waals surface area contributed by atoms with E-state index in [1.165, 1.54) is 5.57 Å². The SMILES string of the molecule is C=C/C=C(/C)CCN. The van der Waals surface area contributed by atoms with Gasteiger partial charge in [0.15, 0.2) is 0 Å². The summed E-state index contributed by atoms with van der Waals surface area (Å²) in [6.45, 7) is 6.35. The lowest BCUT2D eigenvalue weighted by Gasteiger charge is -1.91. The van der Waals surface area contributed by atoms with Crippen molar-refractivity contribution in [1.29, 1.82) is 0 Å². The normalized spacial score (nSPS) is 11.5. The molecular weight excluding hydrogens is 98.1 g/mol. The Labute approximate surface area is 50.9 Å². The predicted octanol–water partition coefficient (Wildman–Crippen LogP) is 1.47. The summed E-state index contributed by atoms with van der Waals surface area (Å²) in [6.07, 6.45) is 4.74. The summed E-state index contributed by atoms with van der Waals surface area (Å²) < 4.78 is 0. The van der Waals surface area contributed by atoms with Crippen LogP contribution < -0.4 is 5.73 Å². The highest BCUT2D eigenvalue weighted by Crippen LogP contribution is 1.95. The molecule has 0 aliphatic rings. The Morgan fingerprint density at radius 1 is 1.75 bits per heavy atom. The maximum absolute atomic E-state index is 5.28. The molecule has 0 saturated carbocycles. The summed E-state index contributed by atoms with van der Waals surface area (Å²) in [4.78, 5) is 0. The highest BCUT2D eigenvalue weighted by atomic mass is 14.5. The number of allylic oxidation sites excluding steroid dienone is 2. The highest BCUT2D eigenvalue weighted by Gasteiger charge is 1.81. The summed E-state index contributed by atoms with van der Waals surface area (Å²) in [6, 6.07) is 0. The minimum absolute atomic E-state index is 0.732. The van der Waals surface area contributed by atoms with Crippen molar-refractivity contribution >= 4 is 0 Å². The molecule has 0 heterocycles. The van der Waals surface area contributed by atoms with Crippen molar-refractivity contribution in [2.75, 3.05) is 6.54 Å². The van der Waals surface area contributed by atoms with E-state index in [1.807, 2.05) is 6.08 Å². The summed E-state index contributed by atoms with van der Waals surface area (Å²) in [7, 11) is 0. The van der Waals surface area contributed by atoms with Crippen molar-refractivity contribution in [1.82, 2.24) is 0 Å². The number of hydrogen-bond acceptors (Lipinski definition) is 1. The zero-order valence-corrected chi connectivity index (χ0v) is 5.35. The lowest BCUT2D eigenvalue weighted by Crippen LogP contribution is -1.97. The number of rotatable bonds is 3. The average Bonchev–Trinajstić information content (AvgIpc) is 1.68. The first-order chi connectivity index (χ1) is 3.81. The smallest absolute Gasteiger partial charge is 0.00399 e. The first-order valence-electron chi connectivity index (χ1n) is 2.79. The molecule has 0 bridgehead atoms. The van der Waals surface area contributed by atoms with Crippen molar-refractivity contribution in [3.8, 4) is 0 Å². The number of nitrogens with two attached hydrogens (primary N) is 1. The standard InChI is InChI=1S/C7H13N/c1-3-4-7(2)5-6-8/h3-4H,1,5-6,8H2,2H3/b7-4-. The van der Waals surface area contributed by atoms with E-state index in [4.69, 9.17) is 5.73 Å². The molecule has 0 aliphatic heterocycles. The van der Waals surface area contributed by atoms with E-state index in [2.05, 4.69) is 13.5 Å². The maximum Gasteiger partial charge on any atom is -0.00399 e. The van der Waals surface area contributed by atoms with E-state index in [1.54, 1.807) is 6.08 Å². The molecule has 1 nitrogen and oxygen atoms in total. The topological polar surface area (TPSA) is 26.0 Å². The third kappa shape index (κ3) is 3.62. The van der Waals surface area contributed by atoms with E-state index < -0.39 is 0 Å². The van der Waals surface area contributed by atoms with Gasteiger partial charge in [-0.15, -0.1) is 0 Å². The molecule has 46 valence electrons. The van der Waals surface area contributed by atoms with Gasteiger partial charge < -0.3 is 5.73 Å². The van der Waals surface area contributed by atoms with Gasteiger partial charge in [-0.05, 0) is 19.9 Å². The van der Waals surface area contributed by atoms with Crippen LogP contribution in [0.4, 0.5) is 0 Å². The Morgan fingerprint density at radius 3 is 2.75 bits per heavy atom. The zero-order chi connectivity index (χ0) is 6.41. The lowest BCUT2D eigenvalue weighted by atomic mass is 10.2. The van der Waals surface area contributed by atoms with Gasteiger partial charge >= 0.3 is 0 Å². The zero-order valence-electron chi connectivity index (χ0n) is 5.35. The van der Waals surface area contributed by atoms with Crippen LogP contribution in [0.25, 0.3) is 0 Å². The molecule has 1 heteroatoms. The van der Waals surface area contributed by atoms with Gasteiger partial charge in [0.25, 0.3) is 0 Å². The van der Waals surface area contributed by atoms with Gasteiger partial charge in [-0.2, -0.15) is 0 Å². The highest BCUT2D eigenvalue weighted by molar-refractivity contribution is 5.07. The molecule has 0 atom stereocenters. The molecule has 8 heavy (non-hydrogen) atoms. The van der Waals surface area contributed by atoms with Gasteiger partial charge in [-0.1, -0.05) is 24.3 Å². The monoisotopic (exact) mass is 111 g/mol. The largest absolute Gasteiger partial charge is 0.330 e. The summed E-state index contributed by atoms with van der Waals surface area (Å²) in [5, 5.41) is 0. The van der Waals surface area contributed by atoms with Gasteiger partial charge in [0, 0.05) is 0 Å². The van der Waals surface area contributed by atoms with Gasteiger partial charge in [0.1, 0.15) is 0 Å². The van der Waals surface area contributed by atoms with Crippen LogP contribution in [0.3, 0.4) is 0 Å². The molecule has 0 aliphatic carbocycles. The second-order valence-corrected chi connectivity index (χ2v) is 1.79. The first kappa shape index (κ1) is 7.44. The second-order valence-electron chi connectivity index (χ2n) is 1.79. The fraction of sp³-hybridized carbons (Fsp3) is 0.429. The van der Waals surface area contributed by atoms with Crippen LogP contribution in [0, 0.1) is 0 Å². The Morgan fingerprint density at radius 2 is 2.38 bits per heavy atom. The van der Waals surface area contributed by atoms with Crippen LogP contribution in [-0.4, -0.2) is 6.54 Å². The second kappa shape index (κ2) is 4.60. The van der Waals surface area contributed by atoms with Crippen LogP contribution in [0.5, 0.6) is 0 Å². The van der Waals surface area contributed by atoms with Gasteiger partial charge in [-0.25, -0.2) is 0 Å². The molecule has 0 saturated heterocycles. The van der Waals surface area contributed by atoms with Gasteiger partial charge in [-0.3, -0.25) is 0 Å². The third-order valence-electron chi connectivity index (χ3n) is 0.941. The molecule has 0 aromatic heterocycles. The van der Waals surface area contributed by atoms with Crippen LogP contribution in [0.2, 0.25) is 0 Å².